The maximum absolute atomic E-state index is 12.9. The first-order valence-corrected chi connectivity index (χ1v) is 13.7. The zero-order valence-corrected chi connectivity index (χ0v) is 22.6. The van der Waals surface area contributed by atoms with Crippen LogP contribution < -0.4 is 10.1 Å². The van der Waals surface area contributed by atoms with Gasteiger partial charge in [-0.15, -0.1) is 0 Å². The minimum Gasteiger partial charge on any atom is -0.497 e. The van der Waals surface area contributed by atoms with Crippen LogP contribution in [-0.2, 0) is 26.2 Å². The Morgan fingerprint density at radius 3 is 2.62 bits per heavy atom. The number of likely N-dealkylation sites (tertiary alicyclic amines) is 1. The summed E-state index contributed by atoms with van der Waals surface area (Å²) in [5.74, 6) is 0.670. The van der Waals surface area contributed by atoms with E-state index in [1.807, 2.05) is 18.2 Å². The number of rotatable bonds is 10. The molecule has 0 bridgehead atoms. The van der Waals surface area contributed by atoms with Crippen molar-refractivity contribution in [3.63, 3.8) is 0 Å². The molecule has 6 nitrogen and oxygen atoms in total. The summed E-state index contributed by atoms with van der Waals surface area (Å²) in [6.07, 6.45) is 7.77. The number of unbranched alkanes of at least 4 members (excludes halogenated alkanes) is 2. The lowest BCUT2D eigenvalue weighted by atomic mass is 9.55. The predicted molar refractivity (Wildman–Crippen MR) is 146 cm³/mol. The molecule has 1 heterocycles. The van der Waals surface area contributed by atoms with Crippen LogP contribution in [0, 0.1) is 0 Å². The lowest BCUT2D eigenvalue weighted by Gasteiger charge is -2.59. The van der Waals surface area contributed by atoms with Crippen LogP contribution in [0.5, 0.6) is 5.75 Å². The van der Waals surface area contributed by atoms with Crippen LogP contribution in [0.25, 0.3) is 0 Å². The Kier molecular flexibility index (Phi) is 8.91. The number of aryl methyl sites for hydroxylation is 1. The molecular formula is C31H42N2O4. The van der Waals surface area contributed by atoms with Gasteiger partial charge in [0.25, 0.3) is 0 Å². The van der Waals surface area contributed by atoms with Gasteiger partial charge in [-0.1, -0.05) is 48.9 Å². The Balaban J connectivity index is 1.44. The fourth-order valence-electron chi connectivity index (χ4n) is 6.57. The third-order valence-electron chi connectivity index (χ3n) is 8.35. The fourth-order valence-corrected chi connectivity index (χ4v) is 6.57. The molecule has 3 atom stereocenters. The second kappa shape index (κ2) is 12.1. The Labute approximate surface area is 221 Å². The minimum atomic E-state index is -0.628. The van der Waals surface area contributed by atoms with Gasteiger partial charge in [0.2, 0.25) is 5.91 Å². The highest BCUT2D eigenvalue weighted by Gasteiger charge is 2.60. The maximum Gasteiger partial charge on any atom is 0.303 e. The van der Waals surface area contributed by atoms with Crippen LogP contribution in [-0.4, -0.2) is 55.7 Å². The Morgan fingerprint density at radius 2 is 1.86 bits per heavy atom. The second-order valence-electron chi connectivity index (χ2n) is 10.9. The predicted octanol–water partition coefficient (Wildman–Crippen LogP) is 5.04. The van der Waals surface area contributed by atoms with Crippen molar-refractivity contribution in [1.29, 1.82) is 0 Å². The van der Waals surface area contributed by atoms with Crippen LogP contribution in [0.15, 0.2) is 54.6 Å². The summed E-state index contributed by atoms with van der Waals surface area (Å²) in [5, 5.41) is 3.34. The van der Waals surface area contributed by atoms with Gasteiger partial charge in [0, 0.05) is 31.3 Å². The SMILES string of the molecule is COc1cccc(C23CCN(C)CC2(OC(C)=O)CCC(NC(=O)CCCCCc2ccccc2)C3)c1. The summed E-state index contributed by atoms with van der Waals surface area (Å²) in [7, 11) is 3.76. The topological polar surface area (TPSA) is 67.9 Å². The number of benzene rings is 2. The van der Waals surface area contributed by atoms with Crippen molar-refractivity contribution in [2.45, 2.75) is 81.8 Å². The summed E-state index contributed by atoms with van der Waals surface area (Å²) < 4.78 is 11.8. The summed E-state index contributed by atoms with van der Waals surface area (Å²) in [6.45, 7) is 3.10. The largest absolute Gasteiger partial charge is 0.497 e. The smallest absolute Gasteiger partial charge is 0.303 e. The van der Waals surface area contributed by atoms with E-state index in [-0.39, 0.29) is 23.3 Å². The van der Waals surface area contributed by atoms with Gasteiger partial charge in [-0.3, -0.25) is 9.59 Å². The number of carbonyl (C=O) groups excluding carboxylic acids is 2. The standard InChI is InChI=1S/C31H42N2O4/c1-24(34)37-31-18-17-27(32-29(35)16-9-5-8-13-25-11-6-4-7-12-25)22-30(31,19-20-33(2)23-31)26-14-10-15-28(21-26)36-3/h4,6-7,10-12,14-15,21,27H,5,8-9,13,16-20,22-23H2,1-3H3,(H,32,35). The number of methoxy groups -OCH3 is 1. The highest BCUT2D eigenvalue weighted by Crippen LogP contribution is 2.54. The number of likely N-dealkylation sites (N-methyl/N-ethyl adjacent to an activating group) is 1. The number of esters is 1. The number of piperidine rings is 1. The van der Waals surface area contributed by atoms with Crippen LogP contribution in [0.4, 0.5) is 0 Å². The monoisotopic (exact) mass is 506 g/mol. The summed E-state index contributed by atoms with van der Waals surface area (Å²) >= 11 is 0. The van der Waals surface area contributed by atoms with Crippen LogP contribution >= 0.6 is 0 Å². The molecule has 1 aliphatic heterocycles. The summed E-state index contributed by atoms with van der Waals surface area (Å²) in [5.41, 5.74) is 1.47. The molecule has 2 aromatic carbocycles. The highest BCUT2D eigenvalue weighted by atomic mass is 16.6. The van der Waals surface area contributed by atoms with E-state index in [0.717, 1.165) is 69.2 Å². The molecule has 2 aliphatic rings. The van der Waals surface area contributed by atoms with Gasteiger partial charge in [0.05, 0.1) is 7.11 Å². The normalized spacial score (nSPS) is 25.6. The molecule has 0 spiro atoms. The molecular weight excluding hydrogens is 464 g/mol. The van der Waals surface area contributed by atoms with Crippen molar-refractivity contribution in [2.75, 3.05) is 27.2 Å². The van der Waals surface area contributed by atoms with Crippen molar-refractivity contribution in [1.82, 2.24) is 10.2 Å². The van der Waals surface area contributed by atoms with Crippen LogP contribution in [0.3, 0.4) is 0 Å². The molecule has 37 heavy (non-hydrogen) atoms. The van der Waals surface area contributed by atoms with Crippen molar-refractivity contribution >= 4 is 11.9 Å². The van der Waals surface area contributed by atoms with Crippen molar-refractivity contribution < 1.29 is 19.1 Å². The van der Waals surface area contributed by atoms with Crippen molar-refractivity contribution in [2.24, 2.45) is 0 Å². The van der Waals surface area contributed by atoms with Gasteiger partial charge >= 0.3 is 5.97 Å². The van der Waals surface area contributed by atoms with Crippen molar-refractivity contribution in [3.05, 3.63) is 65.7 Å². The summed E-state index contributed by atoms with van der Waals surface area (Å²) in [4.78, 5) is 27.5. The number of carbonyl (C=O) groups is 2. The molecule has 2 aromatic rings. The number of hydrogen-bond donors (Lipinski definition) is 1. The molecule has 1 saturated carbocycles. The first-order valence-electron chi connectivity index (χ1n) is 13.7. The highest BCUT2D eigenvalue weighted by molar-refractivity contribution is 5.76. The molecule has 0 aromatic heterocycles. The molecule has 0 radical (unpaired) electrons. The molecule has 2 fully saturated rings. The van der Waals surface area contributed by atoms with Crippen LogP contribution in [0.2, 0.25) is 0 Å². The molecule has 3 unspecified atom stereocenters. The van der Waals surface area contributed by atoms with Gasteiger partial charge in [-0.25, -0.2) is 0 Å². The van der Waals surface area contributed by atoms with E-state index >= 15 is 0 Å². The molecule has 200 valence electrons. The number of amides is 1. The lowest BCUT2D eigenvalue weighted by Crippen LogP contribution is -2.68. The van der Waals surface area contributed by atoms with E-state index in [1.165, 1.54) is 12.5 Å². The molecule has 1 N–H and O–H groups in total. The van der Waals surface area contributed by atoms with E-state index in [2.05, 4.69) is 53.7 Å². The minimum absolute atomic E-state index is 0.0510. The maximum atomic E-state index is 12.9. The Morgan fingerprint density at radius 1 is 1.05 bits per heavy atom. The van der Waals surface area contributed by atoms with Gasteiger partial charge in [-0.05, 0) is 81.8 Å². The zero-order valence-electron chi connectivity index (χ0n) is 22.6. The number of fused-ring (bicyclic) bond motifs is 1. The quantitative estimate of drug-likeness (QED) is 0.361. The number of nitrogens with one attached hydrogen (secondary N) is 1. The van der Waals surface area contributed by atoms with E-state index in [4.69, 9.17) is 9.47 Å². The van der Waals surface area contributed by atoms with E-state index < -0.39 is 5.60 Å². The van der Waals surface area contributed by atoms with Gasteiger partial charge in [-0.2, -0.15) is 0 Å². The Hall–Kier alpha value is -2.86. The zero-order chi connectivity index (χ0) is 26.3. The summed E-state index contributed by atoms with van der Waals surface area (Å²) in [6, 6.07) is 18.7. The molecule has 1 saturated heterocycles. The van der Waals surface area contributed by atoms with E-state index in [9.17, 15) is 9.59 Å². The second-order valence-corrected chi connectivity index (χ2v) is 10.9. The van der Waals surface area contributed by atoms with Crippen LogP contribution in [0.1, 0.15) is 69.4 Å². The van der Waals surface area contributed by atoms with E-state index in [1.54, 1.807) is 7.11 Å². The first-order chi connectivity index (χ1) is 17.9. The van der Waals surface area contributed by atoms with E-state index in [0.29, 0.717) is 13.0 Å². The third kappa shape index (κ3) is 6.35. The average Bonchev–Trinajstić information content (AvgIpc) is 2.89. The number of ether oxygens (including phenoxy) is 2. The van der Waals surface area contributed by atoms with Gasteiger partial charge in [0.1, 0.15) is 11.4 Å². The van der Waals surface area contributed by atoms with Crippen molar-refractivity contribution in [3.8, 4) is 5.75 Å². The van der Waals surface area contributed by atoms with Gasteiger partial charge in [0.15, 0.2) is 0 Å². The Bertz CT molecular complexity index is 1060. The first kappa shape index (κ1) is 27.2. The fraction of sp³-hybridized carbons (Fsp3) is 0.548. The molecule has 1 amide bonds. The number of nitrogens with zero attached hydrogens (tertiary/aromatic N) is 1. The number of hydrogen-bond acceptors (Lipinski definition) is 5. The molecule has 6 heteroatoms. The third-order valence-corrected chi connectivity index (χ3v) is 8.35. The van der Waals surface area contributed by atoms with Gasteiger partial charge < -0.3 is 19.7 Å². The lowest BCUT2D eigenvalue weighted by molar-refractivity contribution is -0.185. The molecule has 4 rings (SSSR count). The average molecular weight is 507 g/mol. The molecule has 1 aliphatic carbocycles.